The molecule has 0 aliphatic carbocycles. The molecule has 2 aliphatic rings. The van der Waals surface area contributed by atoms with Gasteiger partial charge in [-0.05, 0) is 38.8 Å². The third-order valence-corrected chi connectivity index (χ3v) is 4.65. The van der Waals surface area contributed by atoms with Crippen LogP contribution in [0.5, 0.6) is 0 Å². The highest BCUT2D eigenvalue weighted by Gasteiger charge is 2.34. The lowest BCUT2D eigenvalue weighted by Crippen LogP contribution is -2.44. The molecule has 2 saturated heterocycles. The van der Waals surface area contributed by atoms with E-state index in [2.05, 4.69) is 27.5 Å². The number of nitrogens with zero attached hydrogens (tertiary/aromatic N) is 2. The van der Waals surface area contributed by atoms with Gasteiger partial charge in [-0.15, -0.1) is 11.3 Å². The van der Waals surface area contributed by atoms with Crippen LogP contribution in [0.25, 0.3) is 0 Å². The number of hydrogen-bond acceptors (Lipinski definition) is 4. The zero-order valence-corrected chi connectivity index (χ0v) is 10.6. The first-order valence-electron chi connectivity index (χ1n) is 6.19. The standard InChI is InChI=1S/C12H19N3S/c1-9-14-11(8-16-9)7-15-4-2-3-10-5-13-6-12(10)15/h8,10,12-13H,2-7H2,1H3. The van der Waals surface area contributed by atoms with E-state index in [0.29, 0.717) is 0 Å². The molecular formula is C12H19N3S. The van der Waals surface area contributed by atoms with Crippen LogP contribution in [0.2, 0.25) is 0 Å². The molecule has 3 nitrogen and oxygen atoms in total. The van der Waals surface area contributed by atoms with E-state index in [0.717, 1.165) is 18.5 Å². The number of thiazole rings is 1. The number of piperidine rings is 1. The Morgan fingerprint density at radius 1 is 1.56 bits per heavy atom. The molecule has 2 aliphatic heterocycles. The molecule has 4 heteroatoms. The molecule has 2 atom stereocenters. The third-order valence-electron chi connectivity index (χ3n) is 3.83. The van der Waals surface area contributed by atoms with Gasteiger partial charge in [-0.1, -0.05) is 0 Å². The first kappa shape index (κ1) is 10.7. The normalized spacial score (nSPS) is 30.6. The van der Waals surface area contributed by atoms with Crippen molar-refractivity contribution < 1.29 is 0 Å². The van der Waals surface area contributed by atoms with Crippen LogP contribution in [0.15, 0.2) is 5.38 Å². The van der Waals surface area contributed by atoms with Crippen LogP contribution in [0.3, 0.4) is 0 Å². The van der Waals surface area contributed by atoms with Crippen LogP contribution in [0.1, 0.15) is 23.5 Å². The van der Waals surface area contributed by atoms with E-state index in [1.807, 2.05) is 0 Å². The van der Waals surface area contributed by atoms with Crippen LogP contribution < -0.4 is 5.32 Å². The molecule has 0 radical (unpaired) electrons. The summed E-state index contributed by atoms with van der Waals surface area (Å²) in [5.74, 6) is 0.883. The molecule has 1 N–H and O–H groups in total. The molecule has 1 aromatic heterocycles. The average Bonchev–Trinajstić information content (AvgIpc) is 2.87. The molecule has 0 spiro atoms. The van der Waals surface area contributed by atoms with E-state index >= 15 is 0 Å². The Morgan fingerprint density at radius 3 is 3.31 bits per heavy atom. The van der Waals surface area contributed by atoms with Crippen LogP contribution in [0, 0.1) is 12.8 Å². The van der Waals surface area contributed by atoms with E-state index in [-0.39, 0.29) is 0 Å². The largest absolute Gasteiger partial charge is 0.315 e. The summed E-state index contributed by atoms with van der Waals surface area (Å²) in [7, 11) is 0. The smallest absolute Gasteiger partial charge is 0.0897 e. The van der Waals surface area contributed by atoms with Crippen molar-refractivity contribution in [2.45, 2.75) is 32.4 Å². The summed E-state index contributed by atoms with van der Waals surface area (Å²) in [6, 6.07) is 0.760. The molecule has 16 heavy (non-hydrogen) atoms. The second-order valence-corrected chi connectivity index (χ2v) is 6.02. The molecule has 1 aromatic rings. The van der Waals surface area contributed by atoms with E-state index < -0.39 is 0 Å². The van der Waals surface area contributed by atoms with Crippen molar-refractivity contribution in [2.75, 3.05) is 19.6 Å². The molecule has 3 rings (SSSR count). The molecule has 0 amide bonds. The molecule has 88 valence electrons. The highest BCUT2D eigenvalue weighted by atomic mass is 32.1. The lowest BCUT2D eigenvalue weighted by molar-refractivity contribution is 0.116. The summed E-state index contributed by atoms with van der Waals surface area (Å²) in [5, 5.41) is 6.92. The highest BCUT2D eigenvalue weighted by Crippen LogP contribution is 2.27. The number of rotatable bonds is 2. The van der Waals surface area contributed by atoms with E-state index in [1.165, 1.54) is 43.2 Å². The van der Waals surface area contributed by atoms with Crippen molar-refractivity contribution in [2.24, 2.45) is 5.92 Å². The van der Waals surface area contributed by atoms with Crippen LogP contribution in [-0.4, -0.2) is 35.6 Å². The molecule has 0 aromatic carbocycles. The zero-order valence-electron chi connectivity index (χ0n) is 9.78. The van der Waals surface area contributed by atoms with Gasteiger partial charge in [-0.2, -0.15) is 0 Å². The monoisotopic (exact) mass is 237 g/mol. The zero-order chi connectivity index (χ0) is 11.0. The van der Waals surface area contributed by atoms with Crippen molar-refractivity contribution in [3.8, 4) is 0 Å². The fourth-order valence-corrected chi connectivity index (χ4v) is 3.65. The Hall–Kier alpha value is -0.450. The van der Waals surface area contributed by atoms with Gasteiger partial charge < -0.3 is 5.32 Å². The van der Waals surface area contributed by atoms with Crippen molar-refractivity contribution in [1.29, 1.82) is 0 Å². The Kier molecular flexibility index (Phi) is 2.96. The van der Waals surface area contributed by atoms with Crippen LogP contribution in [-0.2, 0) is 6.54 Å². The minimum absolute atomic E-state index is 0.760. The predicted molar refractivity (Wildman–Crippen MR) is 66.6 cm³/mol. The predicted octanol–water partition coefficient (Wildman–Crippen LogP) is 1.64. The van der Waals surface area contributed by atoms with Gasteiger partial charge in [0.1, 0.15) is 0 Å². The second kappa shape index (κ2) is 4.43. The summed E-state index contributed by atoms with van der Waals surface area (Å²) in [6.07, 6.45) is 2.76. The molecule has 0 bridgehead atoms. The lowest BCUT2D eigenvalue weighted by atomic mass is 9.92. The van der Waals surface area contributed by atoms with Gasteiger partial charge in [0.15, 0.2) is 0 Å². The number of likely N-dealkylation sites (tertiary alicyclic amines) is 1. The van der Waals surface area contributed by atoms with Gasteiger partial charge >= 0.3 is 0 Å². The topological polar surface area (TPSA) is 28.2 Å². The minimum atomic E-state index is 0.760. The number of nitrogens with one attached hydrogen (secondary N) is 1. The maximum absolute atomic E-state index is 4.58. The maximum Gasteiger partial charge on any atom is 0.0897 e. The fraction of sp³-hybridized carbons (Fsp3) is 0.750. The molecule has 2 fully saturated rings. The quantitative estimate of drug-likeness (QED) is 0.847. The van der Waals surface area contributed by atoms with Crippen molar-refractivity contribution in [1.82, 2.24) is 15.2 Å². The number of fused-ring (bicyclic) bond motifs is 1. The van der Waals surface area contributed by atoms with Crippen molar-refractivity contribution in [3.63, 3.8) is 0 Å². The first-order valence-corrected chi connectivity index (χ1v) is 7.06. The van der Waals surface area contributed by atoms with E-state index in [4.69, 9.17) is 0 Å². The van der Waals surface area contributed by atoms with E-state index in [9.17, 15) is 0 Å². The van der Waals surface area contributed by atoms with Gasteiger partial charge in [-0.3, -0.25) is 4.90 Å². The number of hydrogen-bond donors (Lipinski definition) is 1. The van der Waals surface area contributed by atoms with Crippen LogP contribution >= 0.6 is 11.3 Å². The summed E-state index contributed by atoms with van der Waals surface area (Å²) >= 11 is 1.76. The molecule has 2 unspecified atom stereocenters. The fourth-order valence-electron chi connectivity index (χ4n) is 3.05. The Morgan fingerprint density at radius 2 is 2.50 bits per heavy atom. The van der Waals surface area contributed by atoms with Gasteiger partial charge in [0.05, 0.1) is 10.7 Å². The van der Waals surface area contributed by atoms with E-state index in [1.54, 1.807) is 11.3 Å². The summed E-state index contributed by atoms with van der Waals surface area (Å²) in [5.41, 5.74) is 1.26. The molecule has 0 saturated carbocycles. The number of aryl methyl sites for hydroxylation is 1. The van der Waals surface area contributed by atoms with Gasteiger partial charge in [0, 0.05) is 24.5 Å². The highest BCUT2D eigenvalue weighted by molar-refractivity contribution is 7.09. The van der Waals surface area contributed by atoms with Crippen molar-refractivity contribution >= 4 is 11.3 Å². The second-order valence-electron chi connectivity index (χ2n) is 4.96. The maximum atomic E-state index is 4.58. The lowest BCUT2D eigenvalue weighted by Gasteiger charge is -2.36. The van der Waals surface area contributed by atoms with Gasteiger partial charge in [0.2, 0.25) is 0 Å². The Bertz CT molecular complexity index is 363. The average molecular weight is 237 g/mol. The summed E-state index contributed by atoms with van der Waals surface area (Å²) in [4.78, 5) is 7.20. The Labute approximate surface area is 101 Å². The minimum Gasteiger partial charge on any atom is -0.315 e. The van der Waals surface area contributed by atoms with Crippen LogP contribution in [0.4, 0.5) is 0 Å². The number of aromatic nitrogens is 1. The molecular weight excluding hydrogens is 218 g/mol. The summed E-state index contributed by atoms with van der Waals surface area (Å²) < 4.78 is 0. The molecule has 3 heterocycles. The summed E-state index contributed by atoms with van der Waals surface area (Å²) in [6.45, 7) is 6.78. The first-order chi connectivity index (χ1) is 7.83. The Balaban J connectivity index is 1.69. The van der Waals surface area contributed by atoms with Crippen molar-refractivity contribution in [3.05, 3.63) is 16.1 Å². The third kappa shape index (κ3) is 2.01. The SMILES string of the molecule is Cc1nc(CN2CCCC3CNCC32)cs1. The van der Waals surface area contributed by atoms with Gasteiger partial charge in [0.25, 0.3) is 0 Å². The van der Waals surface area contributed by atoms with Gasteiger partial charge in [-0.25, -0.2) is 4.98 Å².